The maximum absolute atomic E-state index is 11.9. The molecule has 15 heavy (non-hydrogen) atoms. The van der Waals surface area contributed by atoms with E-state index in [-0.39, 0.29) is 5.78 Å². The van der Waals surface area contributed by atoms with Gasteiger partial charge in [-0.25, -0.2) is 0 Å². The second-order valence-corrected chi connectivity index (χ2v) is 3.64. The van der Waals surface area contributed by atoms with E-state index in [1.807, 2.05) is 32.0 Å². The molecule has 2 nitrogen and oxygen atoms in total. The number of ketones is 1. The fourth-order valence-corrected chi connectivity index (χ4v) is 1.44. The average Bonchev–Trinajstić information content (AvgIpc) is 2.74. The summed E-state index contributed by atoms with van der Waals surface area (Å²) in [6.45, 7) is 4.03. The number of furan rings is 1. The molecule has 2 heteroatoms. The van der Waals surface area contributed by atoms with E-state index in [0.29, 0.717) is 11.1 Å². The van der Waals surface area contributed by atoms with Crippen LogP contribution < -0.4 is 0 Å². The molecule has 0 saturated heterocycles. The molecule has 0 amide bonds. The third-order valence-corrected chi connectivity index (χ3v) is 2.55. The van der Waals surface area contributed by atoms with Gasteiger partial charge in [0.1, 0.15) is 6.26 Å². The molecule has 0 saturated carbocycles. The summed E-state index contributed by atoms with van der Waals surface area (Å²) in [5.74, 6) is 0.00634. The van der Waals surface area contributed by atoms with Crippen LogP contribution in [0, 0.1) is 13.8 Å². The van der Waals surface area contributed by atoms with Gasteiger partial charge >= 0.3 is 0 Å². The number of aryl methyl sites for hydroxylation is 2. The van der Waals surface area contributed by atoms with Gasteiger partial charge in [-0.1, -0.05) is 12.1 Å². The third kappa shape index (κ3) is 1.84. The van der Waals surface area contributed by atoms with Crippen LogP contribution in [0.5, 0.6) is 0 Å². The van der Waals surface area contributed by atoms with Crippen LogP contribution in [0.15, 0.2) is 41.2 Å². The van der Waals surface area contributed by atoms with Crippen LogP contribution >= 0.6 is 0 Å². The molecule has 0 N–H and O–H groups in total. The SMILES string of the molecule is Cc1ccc(C(=O)c2ccoc2)cc1C. The summed E-state index contributed by atoms with van der Waals surface area (Å²) in [7, 11) is 0. The van der Waals surface area contributed by atoms with Gasteiger partial charge in [0.05, 0.1) is 11.8 Å². The summed E-state index contributed by atoms with van der Waals surface area (Å²) in [4.78, 5) is 11.9. The first-order valence-corrected chi connectivity index (χ1v) is 4.82. The van der Waals surface area contributed by atoms with Gasteiger partial charge in [-0.15, -0.1) is 0 Å². The molecule has 0 fully saturated rings. The van der Waals surface area contributed by atoms with E-state index in [0.717, 1.165) is 5.56 Å². The van der Waals surface area contributed by atoms with Crippen molar-refractivity contribution in [1.29, 1.82) is 0 Å². The molecule has 1 aromatic carbocycles. The lowest BCUT2D eigenvalue weighted by molar-refractivity contribution is 0.103. The maximum Gasteiger partial charge on any atom is 0.196 e. The van der Waals surface area contributed by atoms with Gasteiger partial charge in [0.2, 0.25) is 0 Å². The Morgan fingerprint density at radius 2 is 1.87 bits per heavy atom. The number of hydrogen-bond acceptors (Lipinski definition) is 2. The zero-order valence-electron chi connectivity index (χ0n) is 8.78. The highest BCUT2D eigenvalue weighted by Crippen LogP contribution is 2.14. The molecule has 1 aromatic heterocycles. The molecule has 0 bridgehead atoms. The smallest absolute Gasteiger partial charge is 0.196 e. The minimum Gasteiger partial charge on any atom is -0.472 e. The highest BCUT2D eigenvalue weighted by molar-refractivity contribution is 6.08. The summed E-state index contributed by atoms with van der Waals surface area (Å²) < 4.78 is 4.89. The standard InChI is InChI=1S/C13H12O2/c1-9-3-4-11(7-10(9)2)13(14)12-5-6-15-8-12/h3-8H,1-2H3. The molecule has 0 aliphatic heterocycles. The Balaban J connectivity index is 2.39. The van der Waals surface area contributed by atoms with E-state index in [1.54, 1.807) is 6.07 Å². The lowest BCUT2D eigenvalue weighted by Gasteiger charge is -2.02. The monoisotopic (exact) mass is 200 g/mol. The number of rotatable bonds is 2. The Hall–Kier alpha value is -1.83. The molecule has 2 rings (SSSR count). The Labute approximate surface area is 88.5 Å². The van der Waals surface area contributed by atoms with Gasteiger partial charge in [-0.05, 0) is 37.1 Å². The Morgan fingerprint density at radius 1 is 1.07 bits per heavy atom. The largest absolute Gasteiger partial charge is 0.472 e. The van der Waals surface area contributed by atoms with E-state index in [2.05, 4.69) is 0 Å². The van der Waals surface area contributed by atoms with Crippen LogP contribution in [-0.4, -0.2) is 5.78 Å². The maximum atomic E-state index is 11.9. The lowest BCUT2D eigenvalue weighted by Crippen LogP contribution is -2.00. The first kappa shape index (κ1) is 9.71. The normalized spacial score (nSPS) is 10.3. The molecule has 76 valence electrons. The fourth-order valence-electron chi connectivity index (χ4n) is 1.44. The second kappa shape index (κ2) is 3.73. The number of hydrogen-bond donors (Lipinski definition) is 0. The van der Waals surface area contributed by atoms with Crippen molar-refractivity contribution >= 4 is 5.78 Å². The molecule has 0 unspecified atom stereocenters. The molecule has 0 aliphatic carbocycles. The van der Waals surface area contributed by atoms with Crippen molar-refractivity contribution in [2.45, 2.75) is 13.8 Å². The van der Waals surface area contributed by atoms with Crippen LogP contribution in [0.2, 0.25) is 0 Å². The van der Waals surface area contributed by atoms with Gasteiger partial charge in [0, 0.05) is 5.56 Å². The molecule has 0 spiro atoms. The Kier molecular flexibility index (Phi) is 2.42. The molecule has 1 heterocycles. The predicted octanol–water partition coefficient (Wildman–Crippen LogP) is 3.13. The third-order valence-electron chi connectivity index (χ3n) is 2.55. The zero-order valence-corrected chi connectivity index (χ0v) is 8.78. The molecular weight excluding hydrogens is 188 g/mol. The van der Waals surface area contributed by atoms with Gasteiger partial charge in [-0.2, -0.15) is 0 Å². The topological polar surface area (TPSA) is 30.2 Å². The molecule has 0 aliphatic rings. The van der Waals surface area contributed by atoms with E-state index in [1.165, 1.54) is 18.1 Å². The molecule has 0 radical (unpaired) electrons. The minimum atomic E-state index is 0.00634. The summed E-state index contributed by atoms with van der Waals surface area (Å²) in [5.41, 5.74) is 3.63. The van der Waals surface area contributed by atoms with Crippen molar-refractivity contribution in [2.24, 2.45) is 0 Å². The highest BCUT2D eigenvalue weighted by Gasteiger charge is 2.10. The van der Waals surface area contributed by atoms with Gasteiger partial charge in [0.15, 0.2) is 5.78 Å². The number of carbonyl (C=O) groups excluding carboxylic acids is 1. The Morgan fingerprint density at radius 3 is 2.47 bits per heavy atom. The van der Waals surface area contributed by atoms with Crippen LogP contribution in [0.4, 0.5) is 0 Å². The quantitative estimate of drug-likeness (QED) is 0.697. The summed E-state index contributed by atoms with van der Waals surface area (Å²) >= 11 is 0. The van der Waals surface area contributed by atoms with E-state index < -0.39 is 0 Å². The van der Waals surface area contributed by atoms with Crippen LogP contribution in [0.1, 0.15) is 27.0 Å². The van der Waals surface area contributed by atoms with Crippen molar-refractivity contribution < 1.29 is 9.21 Å². The fraction of sp³-hybridized carbons (Fsp3) is 0.154. The second-order valence-electron chi connectivity index (χ2n) is 3.64. The van der Waals surface area contributed by atoms with Crippen molar-refractivity contribution in [3.8, 4) is 0 Å². The van der Waals surface area contributed by atoms with E-state index in [4.69, 9.17) is 4.42 Å². The van der Waals surface area contributed by atoms with Crippen molar-refractivity contribution in [3.63, 3.8) is 0 Å². The van der Waals surface area contributed by atoms with Crippen molar-refractivity contribution in [2.75, 3.05) is 0 Å². The van der Waals surface area contributed by atoms with Crippen LogP contribution in [-0.2, 0) is 0 Å². The lowest BCUT2D eigenvalue weighted by atomic mass is 10.0. The zero-order chi connectivity index (χ0) is 10.8. The summed E-state index contributed by atoms with van der Waals surface area (Å²) in [6.07, 6.45) is 2.98. The average molecular weight is 200 g/mol. The first-order valence-electron chi connectivity index (χ1n) is 4.82. The molecule has 0 atom stereocenters. The van der Waals surface area contributed by atoms with Crippen LogP contribution in [0.3, 0.4) is 0 Å². The van der Waals surface area contributed by atoms with Gasteiger partial charge in [-0.3, -0.25) is 4.79 Å². The van der Waals surface area contributed by atoms with Gasteiger partial charge < -0.3 is 4.42 Å². The van der Waals surface area contributed by atoms with Crippen molar-refractivity contribution in [1.82, 2.24) is 0 Å². The first-order chi connectivity index (χ1) is 7.18. The highest BCUT2D eigenvalue weighted by atomic mass is 16.3. The summed E-state index contributed by atoms with van der Waals surface area (Å²) in [5, 5.41) is 0. The number of carbonyl (C=O) groups is 1. The van der Waals surface area contributed by atoms with Crippen LogP contribution in [0.25, 0.3) is 0 Å². The Bertz CT molecular complexity index is 481. The van der Waals surface area contributed by atoms with Crippen molar-refractivity contribution in [3.05, 3.63) is 59.0 Å². The van der Waals surface area contributed by atoms with E-state index >= 15 is 0 Å². The predicted molar refractivity (Wildman–Crippen MR) is 58.1 cm³/mol. The molecular formula is C13H12O2. The number of benzene rings is 1. The van der Waals surface area contributed by atoms with E-state index in [9.17, 15) is 4.79 Å². The van der Waals surface area contributed by atoms with Gasteiger partial charge in [0.25, 0.3) is 0 Å². The summed E-state index contributed by atoms with van der Waals surface area (Å²) in [6, 6.07) is 7.39. The molecule has 2 aromatic rings. The minimum absolute atomic E-state index is 0.00634.